The van der Waals surface area contributed by atoms with Gasteiger partial charge in [0.15, 0.2) is 5.78 Å². The highest BCUT2D eigenvalue weighted by Gasteiger charge is 2.12. The number of rotatable bonds is 5. The molecule has 0 amide bonds. The van der Waals surface area contributed by atoms with Crippen molar-refractivity contribution in [1.29, 1.82) is 0 Å². The fourth-order valence-electron chi connectivity index (χ4n) is 1.98. The average molecular weight is 298 g/mol. The van der Waals surface area contributed by atoms with Gasteiger partial charge in [0, 0.05) is 23.5 Å². The molecule has 0 bridgehead atoms. The zero-order valence-corrected chi connectivity index (χ0v) is 12.4. The molecule has 4 nitrogen and oxygen atoms in total. The van der Waals surface area contributed by atoms with Gasteiger partial charge in [0.25, 0.3) is 0 Å². The van der Waals surface area contributed by atoms with Crippen LogP contribution in [0.5, 0.6) is 5.75 Å². The summed E-state index contributed by atoms with van der Waals surface area (Å²) in [7, 11) is 0. The second kappa shape index (κ2) is 6.01. The summed E-state index contributed by atoms with van der Waals surface area (Å²) in [6.45, 7) is 2.65. The molecule has 0 saturated carbocycles. The SMILES string of the molecule is CCCOc1cncc(C(=O)c2cnc3ccsc3c2)c1. The molecular formula is C16H14N2O2S. The van der Waals surface area contributed by atoms with Crippen molar-refractivity contribution in [3.63, 3.8) is 0 Å². The number of carbonyl (C=O) groups is 1. The molecule has 0 saturated heterocycles. The number of fused-ring (bicyclic) bond motifs is 1. The summed E-state index contributed by atoms with van der Waals surface area (Å²) in [5, 5.41) is 1.96. The number of pyridine rings is 2. The number of carbonyl (C=O) groups excluding carboxylic acids is 1. The third kappa shape index (κ3) is 2.92. The van der Waals surface area contributed by atoms with Crippen LogP contribution >= 0.6 is 11.3 Å². The van der Waals surface area contributed by atoms with Gasteiger partial charge in [-0.3, -0.25) is 14.8 Å². The zero-order chi connectivity index (χ0) is 14.7. The molecule has 0 unspecified atom stereocenters. The predicted molar refractivity (Wildman–Crippen MR) is 83.1 cm³/mol. The van der Waals surface area contributed by atoms with E-state index in [0.29, 0.717) is 23.5 Å². The topological polar surface area (TPSA) is 52.1 Å². The van der Waals surface area contributed by atoms with Crippen LogP contribution < -0.4 is 4.74 Å². The minimum Gasteiger partial charge on any atom is -0.492 e. The molecule has 0 N–H and O–H groups in total. The molecule has 0 aliphatic rings. The molecule has 3 heterocycles. The van der Waals surface area contributed by atoms with Crippen molar-refractivity contribution in [3.8, 4) is 5.75 Å². The van der Waals surface area contributed by atoms with Gasteiger partial charge in [-0.25, -0.2) is 0 Å². The largest absolute Gasteiger partial charge is 0.492 e. The van der Waals surface area contributed by atoms with E-state index in [9.17, 15) is 4.79 Å². The third-order valence-corrected chi connectivity index (χ3v) is 3.87. The molecule has 3 aromatic rings. The lowest BCUT2D eigenvalue weighted by Gasteiger charge is -2.06. The fraction of sp³-hybridized carbons (Fsp3) is 0.188. The maximum Gasteiger partial charge on any atom is 0.196 e. The lowest BCUT2D eigenvalue weighted by molar-refractivity contribution is 0.103. The predicted octanol–water partition coefficient (Wildman–Crippen LogP) is 3.71. The number of hydrogen-bond acceptors (Lipinski definition) is 5. The van der Waals surface area contributed by atoms with Crippen molar-refractivity contribution in [1.82, 2.24) is 9.97 Å². The summed E-state index contributed by atoms with van der Waals surface area (Å²) >= 11 is 1.57. The quantitative estimate of drug-likeness (QED) is 0.674. The molecule has 21 heavy (non-hydrogen) atoms. The number of ether oxygens (including phenoxy) is 1. The average Bonchev–Trinajstić information content (AvgIpc) is 3.00. The van der Waals surface area contributed by atoms with Crippen molar-refractivity contribution in [2.24, 2.45) is 0 Å². The molecule has 5 heteroatoms. The van der Waals surface area contributed by atoms with Crippen LogP contribution in [-0.2, 0) is 0 Å². The van der Waals surface area contributed by atoms with Gasteiger partial charge < -0.3 is 4.74 Å². The summed E-state index contributed by atoms with van der Waals surface area (Å²) < 4.78 is 6.52. The molecule has 0 aliphatic carbocycles. The molecule has 0 atom stereocenters. The van der Waals surface area contributed by atoms with E-state index < -0.39 is 0 Å². The first-order valence-electron chi connectivity index (χ1n) is 6.73. The first-order chi connectivity index (χ1) is 10.3. The van der Waals surface area contributed by atoms with Crippen LogP contribution in [0.2, 0.25) is 0 Å². The van der Waals surface area contributed by atoms with Crippen LogP contribution in [-0.4, -0.2) is 22.4 Å². The maximum absolute atomic E-state index is 12.5. The van der Waals surface area contributed by atoms with E-state index in [1.165, 1.54) is 0 Å². The molecule has 0 fully saturated rings. The first-order valence-corrected chi connectivity index (χ1v) is 7.61. The van der Waals surface area contributed by atoms with Gasteiger partial charge >= 0.3 is 0 Å². The highest BCUT2D eigenvalue weighted by molar-refractivity contribution is 7.17. The Morgan fingerprint density at radius 3 is 2.95 bits per heavy atom. The van der Waals surface area contributed by atoms with Crippen molar-refractivity contribution < 1.29 is 9.53 Å². The summed E-state index contributed by atoms with van der Waals surface area (Å²) in [5.41, 5.74) is 2.00. The first kappa shape index (κ1) is 13.7. The van der Waals surface area contributed by atoms with Crippen LogP contribution in [0.15, 0.2) is 42.2 Å². The van der Waals surface area contributed by atoms with Crippen molar-refractivity contribution in [3.05, 3.63) is 53.3 Å². The molecular weight excluding hydrogens is 284 g/mol. The van der Waals surface area contributed by atoms with E-state index in [2.05, 4.69) is 9.97 Å². The second-order valence-electron chi connectivity index (χ2n) is 4.61. The monoisotopic (exact) mass is 298 g/mol. The van der Waals surface area contributed by atoms with Crippen molar-refractivity contribution >= 4 is 27.3 Å². The minimum atomic E-state index is -0.0905. The highest BCUT2D eigenvalue weighted by atomic mass is 32.1. The highest BCUT2D eigenvalue weighted by Crippen LogP contribution is 2.21. The lowest BCUT2D eigenvalue weighted by Crippen LogP contribution is -2.04. The van der Waals surface area contributed by atoms with E-state index in [1.807, 2.05) is 24.4 Å². The minimum absolute atomic E-state index is 0.0905. The van der Waals surface area contributed by atoms with Crippen LogP contribution in [0.3, 0.4) is 0 Å². The molecule has 0 spiro atoms. The Kier molecular flexibility index (Phi) is 3.92. The summed E-state index contributed by atoms with van der Waals surface area (Å²) in [6, 6.07) is 5.54. The second-order valence-corrected chi connectivity index (χ2v) is 5.56. The lowest BCUT2D eigenvalue weighted by atomic mass is 10.1. The Morgan fingerprint density at radius 1 is 1.24 bits per heavy atom. The summed E-state index contributed by atoms with van der Waals surface area (Å²) in [5.74, 6) is 0.528. The van der Waals surface area contributed by atoms with Crippen LogP contribution in [0.1, 0.15) is 29.3 Å². The van der Waals surface area contributed by atoms with Gasteiger partial charge in [0.1, 0.15) is 5.75 Å². The molecule has 0 aromatic carbocycles. The molecule has 3 aromatic heterocycles. The van der Waals surface area contributed by atoms with Crippen LogP contribution in [0.4, 0.5) is 0 Å². The Bertz CT molecular complexity index is 783. The standard InChI is InChI=1S/C16H14N2O2S/c1-2-4-20-13-6-11(8-17-10-13)16(19)12-7-15-14(18-9-12)3-5-21-15/h3,5-10H,2,4H2,1H3. The van der Waals surface area contributed by atoms with Crippen molar-refractivity contribution in [2.75, 3.05) is 6.61 Å². The number of thiophene rings is 1. The van der Waals surface area contributed by atoms with Gasteiger partial charge in [-0.2, -0.15) is 0 Å². The van der Waals surface area contributed by atoms with Crippen molar-refractivity contribution in [2.45, 2.75) is 13.3 Å². The summed E-state index contributed by atoms with van der Waals surface area (Å²) in [4.78, 5) is 20.9. The summed E-state index contributed by atoms with van der Waals surface area (Å²) in [6.07, 6.45) is 5.70. The fourth-order valence-corrected chi connectivity index (χ4v) is 2.76. The van der Waals surface area contributed by atoms with E-state index in [-0.39, 0.29) is 5.78 Å². The Labute approximate surface area is 126 Å². The van der Waals surface area contributed by atoms with E-state index in [1.54, 1.807) is 36.0 Å². The third-order valence-electron chi connectivity index (χ3n) is 3.01. The molecule has 0 radical (unpaired) electrons. The van der Waals surface area contributed by atoms with Gasteiger partial charge in [0.05, 0.1) is 23.0 Å². The zero-order valence-electron chi connectivity index (χ0n) is 11.6. The Balaban J connectivity index is 1.90. The van der Waals surface area contributed by atoms with E-state index in [4.69, 9.17) is 4.74 Å². The van der Waals surface area contributed by atoms with Gasteiger partial charge in [0.2, 0.25) is 0 Å². The number of ketones is 1. The molecule has 106 valence electrons. The molecule has 3 rings (SSSR count). The number of hydrogen-bond donors (Lipinski definition) is 0. The van der Waals surface area contributed by atoms with E-state index in [0.717, 1.165) is 16.6 Å². The normalized spacial score (nSPS) is 10.7. The van der Waals surface area contributed by atoms with Gasteiger partial charge in [-0.05, 0) is 30.0 Å². The number of nitrogens with zero attached hydrogens (tertiary/aromatic N) is 2. The van der Waals surface area contributed by atoms with Crippen LogP contribution in [0, 0.1) is 0 Å². The smallest absolute Gasteiger partial charge is 0.196 e. The maximum atomic E-state index is 12.5. The number of aromatic nitrogens is 2. The van der Waals surface area contributed by atoms with Gasteiger partial charge in [-0.15, -0.1) is 11.3 Å². The molecule has 0 aliphatic heterocycles. The Hall–Kier alpha value is -2.27. The van der Waals surface area contributed by atoms with Gasteiger partial charge in [-0.1, -0.05) is 6.92 Å². The van der Waals surface area contributed by atoms with Crippen LogP contribution in [0.25, 0.3) is 10.2 Å². The Morgan fingerprint density at radius 2 is 2.10 bits per heavy atom. The van der Waals surface area contributed by atoms with E-state index >= 15 is 0 Å².